The van der Waals surface area contributed by atoms with E-state index in [9.17, 15) is 13.2 Å². The largest absolute Gasteiger partial charge is 0.494 e. The minimum Gasteiger partial charge on any atom is -0.494 e. The van der Waals surface area contributed by atoms with Crippen molar-refractivity contribution in [2.75, 3.05) is 12.5 Å². The highest BCUT2D eigenvalue weighted by Gasteiger charge is 2.18. The number of halogens is 1. The molecule has 0 aliphatic carbocycles. The molecule has 0 saturated carbocycles. The summed E-state index contributed by atoms with van der Waals surface area (Å²) in [6.45, 7) is 3.64. The molecule has 0 atom stereocenters. The van der Waals surface area contributed by atoms with Gasteiger partial charge in [-0.15, -0.1) is 0 Å². The van der Waals surface area contributed by atoms with Crippen molar-refractivity contribution >= 4 is 27.4 Å². The molecular formula is C20H19ClN2O5S. The topological polar surface area (TPSA) is 87.5 Å². The van der Waals surface area contributed by atoms with Crippen LogP contribution >= 0.6 is 11.6 Å². The summed E-state index contributed by atoms with van der Waals surface area (Å²) in [6, 6.07) is 13.6. The highest BCUT2D eigenvalue weighted by Crippen LogP contribution is 2.31. The number of aromatic nitrogens is 2. The average molecular weight is 435 g/mol. The Morgan fingerprint density at radius 1 is 1.10 bits per heavy atom. The van der Waals surface area contributed by atoms with Crippen LogP contribution in [0.5, 0.6) is 5.75 Å². The lowest BCUT2D eigenvalue weighted by molar-refractivity contribution is -0.138. The van der Waals surface area contributed by atoms with Gasteiger partial charge in [0.15, 0.2) is 11.1 Å². The van der Waals surface area contributed by atoms with Crippen LogP contribution in [0.15, 0.2) is 59.8 Å². The molecule has 0 aliphatic heterocycles. The fourth-order valence-electron chi connectivity index (χ4n) is 2.70. The predicted octanol–water partition coefficient (Wildman–Crippen LogP) is 3.89. The predicted molar refractivity (Wildman–Crippen MR) is 109 cm³/mol. The third-order valence-corrected chi connectivity index (χ3v) is 5.75. The number of imidazole rings is 1. The Balaban J connectivity index is 1.91. The van der Waals surface area contributed by atoms with Crippen LogP contribution in [-0.4, -0.2) is 36.5 Å². The number of carbonyl (C=O) groups is 1. The summed E-state index contributed by atoms with van der Waals surface area (Å²) in [5, 5.41) is 0.320. The lowest BCUT2D eigenvalue weighted by Gasteiger charge is -2.11. The molecule has 0 amide bonds. The number of ether oxygens (including phenoxy) is 2. The maximum absolute atomic E-state index is 12.2. The number of carbonyl (C=O) groups excluding carboxylic acids is 1. The van der Waals surface area contributed by atoms with E-state index in [1.165, 1.54) is 12.1 Å². The van der Waals surface area contributed by atoms with Gasteiger partial charge in [0.05, 0.1) is 17.2 Å². The number of rotatable bonds is 7. The molecule has 3 rings (SSSR count). The van der Waals surface area contributed by atoms with Gasteiger partial charge in [-0.25, -0.2) is 13.4 Å². The molecule has 0 radical (unpaired) electrons. The van der Waals surface area contributed by atoms with Crippen LogP contribution in [0.2, 0.25) is 5.15 Å². The maximum atomic E-state index is 12.2. The number of esters is 1. The minimum atomic E-state index is -3.73. The van der Waals surface area contributed by atoms with Gasteiger partial charge >= 0.3 is 5.97 Å². The molecule has 0 unspecified atom stereocenters. The van der Waals surface area contributed by atoms with Crippen molar-refractivity contribution in [2.24, 2.45) is 0 Å². The molecule has 152 valence electrons. The van der Waals surface area contributed by atoms with Crippen molar-refractivity contribution in [2.45, 2.75) is 18.7 Å². The zero-order chi connectivity index (χ0) is 21.0. The van der Waals surface area contributed by atoms with Gasteiger partial charge in [0, 0.05) is 18.2 Å². The van der Waals surface area contributed by atoms with Gasteiger partial charge in [-0.3, -0.25) is 9.36 Å². The average Bonchev–Trinajstić information content (AvgIpc) is 3.09. The molecule has 0 spiro atoms. The van der Waals surface area contributed by atoms with E-state index in [1.807, 2.05) is 31.2 Å². The van der Waals surface area contributed by atoms with Crippen LogP contribution in [0.1, 0.15) is 13.8 Å². The summed E-state index contributed by atoms with van der Waals surface area (Å²) in [5.74, 6) is -0.602. The molecular weight excluding hydrogens is 416 g/mol. The van der Waals surface area contributed by atoms with Crippen molar-refractivity contribution in [3.63, 3.8) is 0 Å². The number of benzene rings is 2. The maximum Gasteiger partial charge on any atom is 0.303 e. The van der Waals surface area contributed by atoms with E-state index in [0.29, 0.717) is 23.1 Å². The van der Waals surface area contributed by atoms with E-state index in [0.717, 1.165) is 18.2 Å². The van der Waals surface area contributed by atoms with Gasteiger partial charge in [0.25, 0.3) is 0 Å². The van der Waals surface area contributed by atoms with Crippen molar-refractivity contribution in [3.05, 3.63) is 60.0 Å². The number of hydrogen-bond donors (Lipinski definition) is 0. The Bertz CT molecular complexity index is 1110. The van der Waals surface area contributed by atoms with Crippen LogP contribution in [0, 0.1) is 0 Å². The van der Waals surface area contributed by atoms with Crippen molar-refractivity contribution < 1.29 is 22.7 Å². The molecule has 0 N–H and O–H groups in total. The quantitative estimate of drug-likeness (QED) is 0.524. The van der Waals surface area contributed by atoms with Gasteiger partial charge in [-0.2, -0.15) is 0 Å². The second kappa shape index (κ2) is 8.67. The lowest BCUT2D eigenvalue weighted by atomic mass is 10.1. The zero-order valence-electron chi connectivity index (χ0n) is 15.8. The van der Waals surface area contributed by atoms with Crippen LogP contribution in [-0.2, 0) is 19.4 Å². The molecule has 3 aromatic rings. The summed E-state index contributed by atoms with van der Waals surface area (Å²) >= 11 is 6.30. The highest BCUT2D eigenvalue weighted by atomic mass is 35.5. The Hall–Kier alpha value is -2.84. The standard InChI is InChI=1S/C20H19ClN2O5S/c1-3-27-17-8-4-15(5-9-17)19-20(21)22-12-23(19)16-6-10-18(11-7-16)29(25,26)13-28-14(2)24/h4-12H,3,13H2,1-2H3. The molecule has 9 heteroatoms. The second-order valence-electron chi connectivity index (χ2n) is 6.07. The van der Waals surface area contributed by atoms with Crippen LogP contribution in [0.25, 0.3) is 16.9 Å². The summed E-state index contributed by atoms with van der Waals surface area (Å²) in [4.78, 5) is 15.1. The summed E-state index contributed by atoms with van der Waals surface area (Å²) in [6.07, 6.45) is 1.57. The molecule has 1 heterocycles. The fraction of sp³-hybridized carbons (Fsp3) is 0.200. The highest BCUT2D eigenvalue weighted by molar-refractivity contribution is 7.91. The van der Waals surface area contributed by atoms with Crippen molar-refractivity contribution in [1.29, 1.82) is 0 Å². The van der Waals surface area contributed by atoms with Gasteiger partial charge in [-0.1, -0.05) is 11.6 Å². The first-order valence-corrected chi connectivity index (χ1v) is 10.8. The molecule has 0 bridgehead atoms. The number of hydrogen-bond acceptors (Lipinski definition) is 6. The lowest BCUT2D eigenvalue weighted by Crippen LogP contribution is -2.12. The summed E-state index contributed by atoms with van der Waals surface area (Å²) < 4.78 is 36.3. The Kier molecular flexibility index (Phi) is 6.24. The third-order valence-electron chi connectivity index (χ3n) is 4.05. The molecule has 1 aromatic heterocycles. The van der Waals surface area contributed by atoms with Crippen molar-refractivity contribution in [1.82, 2.24) is 9.55 Å². The second-order valence-corrected chi connectivity index (χ2v) is 8.37. The monoisotopic (exact) mass is 434 g/mol. The van der Waals surface area contributed by atoms with E-state index in [4.69, 9.17) is 16.3 Å². The van der Waals surface area contributed by atoms with Crippen LogP contribution in [0.4, 0.5) is 0 Å². The molecule has 0 saturated heterocycles. The number of nitrogens with zero attached hydrogens (tertiary/aromatic N) is 2. The van der Waals surface area contributed by atoms with E-state index in [1.54, 1.807) is 23.0 Å². The summed E-state index contributed by atoms with van der Waals surface area (Å²) in [5.41, 5.74) is 2.19. The first kappa shape index (κ1) is 20.9. The molecule has 0 fully saturated rings. The van der Waals surface area contributed by atoms with E-state index < -0.39 is 21.7 Å². The number of sulfone groups is 1. The Labute approximate surface area is 173 Å². The van der Waals surface area contributed by atoms with Gasteiger partial charge in [-0.05, 0) is 55.5 Å². The first-order valence-electron chi connectivity index (χ1n) is 8.74. The van der Waals surface area contributed by atoms with E-state index in [-0.39, 0.29) is 4.90 Å². The molecule has 7 nitrogen and oxygen atoms in total. The molecule has 0 aliphatic rings. The summed E-state index contributed by atoms with van der Waals surface area (Å²) in [7, 11) is -3.73. The van der Waals surface area contributed by atoms with E-state index in [2.05, 4.69) is 9.72 Å². The van der Waals surface area contributed by atoms with Gasteiger partial charge in [0.1, 0.15) is 12.1 Å². The fourth-order valence-corrected chi connectivity index (χ4v) is 3.95. The van der Waals surface area contributed by atoms with Gasteiger partial charge < -0.3 is 9.47 Å². The van der Waals surface area contributed by atoms with Crippen molar-refractivity contribution in [3.8, 4) is 22.7 Å². The normalized spacial score (nSPS) is 11.3. The van der Waals surface area contributed by atoms with Gasteiger partial charge in [0.2, 0.25) is 9.84 Å². The first-order chi connectivity index (χ1) is 13.8. The third kappa shape index (κ3) is 4.78. The molecule has 29 heavy (non-hydrogen) atoms. The van der Waals surface area contributed by atoms with Crippen LogP contribution in [0.3, 0.4) is 0 Å². The van der Waals surface area contributed by atoms with E-state index >= 15 is 0 Å². The Morgan fingerprint density at radius 3 is 2.34 bits per heavy atom. The SMILES string of the molecule is CCOc1ccc(-c2c(Cl)ncn2-c2ccc(S(=O)(=O)COC(C)=O)cc2)cc1. The smallest absolute Gasteiger partial charge is 0.303 e. The zero-order valence-corrected chi connectivity index (χ0v) is 17.4. The Morgan fingerprint density at radius 2 is 1.76 bits per heavy atom. The molecule has 2 aromatic carbocycles. The van der Waals surface area contributed by atoms with Crippen LogP contribution < -0.4 is 4.74 Å². The minimum absolute atomic E-state index is 0.0522.